The number of rotatable bonds is 3. The molecule has 5 rings (SSSR count). The minimum atomic E-state index is -0.0242. The van der Waals surface area contributed by atoms with Gasteiger partial charge in [-0.2, -0.15) is 9.50 Å². The number of hydrogen-bond donors (Lipinski definition) is 0. The molecule has 4 aromatic rings. The van der Waals surface area contributed by atoms with E-state index in [0.29, 0.717) is 40.0 Å². The van der Waals surface area contributed by atoms with Crippen molar-refractivity contribution in [3.63, 3.8) is 0 Å². The molecule has 0 aliphatic heterocycles. The predicted octanol–water partition coefficient (Wildman–Crippen LogP) is 4.42. The molecule has 7 heteroatoms. The average Bonchev–Trinajstić information content (AvgIpc) is 3.14. The normalized spacial score (nSPS) is 21.6. The second kappa shape index (κ2) is 7.48. The first-order valence-corrected chi connectivity index (χ1v) is 10.9. The fraction of sp³-hybridized carbons (Fsp3) is 0.417. The third kappa shape index (κ3) is 3.19. The van der Waals surface area contributed by atoms with E-state index in [9.17, 15) is 4.79 Å². The lowest BCUT2D eigenvalue weighted by atomic mass is 9.78. The number of fused-ring (bicyclic) bond motifs is 2. The fourth-order valence-corrected chi connectivity index (χ4v) is 4.94. The van der Waals surface area contributed by atoms with E-state index in [1.807, 2.05) is 48.0 Å². The molecule has 160 valence electrons. The van der Waals surface area contributed by atoms with Gasteiger partial charge in [0, 0.05) is 17.8 Å². The largest absolute Gasteiger partial charge is 0.497 e. The van der Waals surface area contributed by atoms with E-state index >= 15 is 0 Å². The summed E-state index contributed by atoms with van der Waals surface area (Å²) in [7, 11) is 1.64. The highest BCUT2D eigenvalue weighted by atomic mass is 16.5. The van der Waals surface area contributed by atoms with Crippen LogP contribution in [0.15, 0.2) is 41.3 Å². The minimum absolute atomic E-state index is 0.0242. The van der Waals surface area contributed by atoms with E-state index in [4.69, 9.17) is 4.74 Å². The molecule has 0 N–H and O–H groups in total. The smallest absolute Gasteiger partial charge is 0.262 e. The quantitative estimate of drug-likeness (QED) is 0.493. The summed E-state index contributed by atoms with van der Waals surface area (Å²) < 4.78 is 9.04. The molecule has 3 unspecified atom stereocenters. The first kappa shape index (κ1) is 19.7. The molecule has 1 fully saturated rings. The molecule has 1 aromatic carbocycles. The molecule has 3 atom stereocenters. The van der Waals surface area contributed by atoms with Gasteiger partial charge in [0.15, 0.2) is 0 Å². The molecule has 31 heavy (non-hydrogen) atoms. The number of pyridine rings is 1. The number of benzene rings is 1. The molecule has 0 amide bonds. The Kier molecular flexibility index (Phi) is 4.76. The lowest BCUT2D eigenvalue weighted by molar-refractivity contribution is 0.183. The van der Waals surface area contributed by atoms with Gasteiger partial charge >= 0.3 is 0 Å². The lowest BCUT2D eigenvalue weighted by Crippen LogP contribution is -2.33. The number of aromatic nitrogens is 5. The van der Waals surface area contributed by atoms with Crippen LogP contribution in [0.1, 0.15) is 45.0 Å². The average molecular weight is 418 g/mol. The van der Waals surface area contributed by atoms with Crippen molar-refractivity contribution in [1.82, 2.24) is 24.1 Å². The molecule has 0 radical (unpaired) electrons. The summed E-state index contributed by atoms with van der Waals surface area (Å²) in [6.07, 6.45) is 5.29. The highest BCUT2D eigenvalue weighted by Crippen LogP contribution is 2.37. The highest BCUT2D eigenvalue weighted by Gasteiger charge is 2.30. The zero-order valence-corrected chi connectivity index (χ0v) is 18.4. The van der Waals surface area contributed by atoms with Crippen molar-refractivity contribution in [2.24, 2.45) is 11.8 Å². The summed E-state index contributed by atoms with van der Waals surface area (Å²) in [6.45, 7) is 6.38. The van der Waals surface area contributed by atoms with E-state index in [-0.39, 0.29) is 11.6 Å². The molecule has 1 aliphatic carbocycles. The van der Waals surface area contributed by atoms with Crippen molar-refractivity contribution in [1.29, 1.82) is 0 Å². The van der Waals surface area contributed by atoms with Gasteiger partial charge in [0.1, 0.15) is 11.6 Å². The summed E-state index contributed by atoms with van der Waals surface area (Å²) in [5.74, 6) is 2.85. The molecule has 0 spiro atoms. The maximum Gasteiger partial charge on any atom is 0.262 e. The van der Waals surface area contributed by atoms with E-state index in [2.05, 4.69) is 28.9 Å². The number of methoxy groups -OCH3 is 1. The van der Waals surface area contributed by atoms with Crippen LogP contribution in [0.2, 0.25) is 0 Å². The number of aryl methyl sites for hydroxylation is 1. The van der Waals surface area contributed by atoms with Gasteiger partial charge in [0.2, 0.25) is 0 Å². The Labute approximate surface area is 180 Å². The maximum absolute atomic E-state index is 13.9. The second-order valence-corrected chi connectivity index (χ2v) is 8.69. The van der Waals surface area contributed by atoms with Crippen LogP contribution in [-0.4, -0.2) is 31.3 Å². The summed E-state index contributed by atoms with van der Waals surface area (Å²) in [5, 5.41) is 5.13. The molecular formula is C24H27N5O2. The van der Waals surface area contributed by atoms with Crippen LogP contribution in [-0.2, 0) is 0 Å². The summed E-state index contributed by atoms with van der Waals surface area (Å²) in [6, 6.07) is 9.83. The van der Waals surface area contributed by atoms with Gasteiger partial charge in [-0.05, 0) is 43.4 Å². The lowest BCUT2D eigenvalue weighted by Gasteiger charge is -2.35. The Balaban J connectivity index is 1.84. The highest BCUT2D eigenvalue weighted by molar-refractivity contribution is 5.93. The van der Waals surface area contributed by atoms with Gasteiger partial charge in [-0.25, -0.2) is 4.98 Å². The molecule has 1 aliphatic rings. The Morgan fingerprint density at radius 3 is 2.77 bits per heavy atom. The second-order valence-electron chi connectivity index (χ2n) is 8.69. The van der Waals surface area contributed by atoms with E-state index in [1.165, 1.54) is 6.42 Å². The Morgan fingerprint density at radius 2 is 1.97 bits per heavy atom. The van der Waals surface area contributed by atoms with E-state index in [0.717, 1.165) is 24.2 Å². The standard InChI is InChI=1S/C24H27N5O2/c1-14-7-5-10-20(15(14)2)28-12-11-19-21(23(28)30)22(17-8-6-9-18(13-17)31-4)29-24(26-19)25-16(3)27-29/h6,8-9,11-15,20H,5,7,10H2,1-4H3. The third-order valence-corrected chi connectivity index (χ3v) is 6.83. The van der Waals surface area contributed by atoms with Crippen LogP contribution >= 0.6 is 0 Å². The SMILES string of the molecule is COc1cccc(-c2c3c(=O)n(C4CCCC(C)C4C)ccc3nc3nc(C)nn23)c1. The molecule has 3 aromatic heterocycles. The van der Waals surface area contributed by atoms with E-state index < -0.39 is 0 Å². The van der Waals surface area contributed by atoms with Crippen molar-refractivity contribution < 1.29 is 4.74 Å². The van der Waals surface area contributed by atoms with Gasteiger partial charge in [0.25, 0.3) is 11.3 Å². The zero-order chi connectivity index (χ0) is 21.7. The van der Waals surface area contributed by atoms with Crippen molar-refractivity contribution in [3.05, 3.63) is 52.7 Å². The predicted molar refractivity (Wildman–Crippen MR) is 120 cm³/mol. The van der Waals surface area contributed by atoms with Crippen LogP contribution in [0.25, 0.3) is 27.9 Å². The third-order valence-electron chi connectivity index (χ3n) is 6.83. The van der Waals surface area contributed by atoms with Crippen LogP contribution in [0.5, 0.6) is 5.75 Å². The van der Waals surface area contributed by atoms with Crippen molar-refractivity contribution in [3.8, 4) is 17.0 Å². The number of nitrogens with zero attached hydrogens (tertiary/aromatic N) is 5. The summed E-state index contributed by atoms with van der Waals surface area (Å²) >= 11 is 0. The monoisotopic (exact) mass is 417 g/mol. The van der Waals surface area contributed by atoms with Crippen molar-refractivity contribution in [2.75, 3.05) is 7.11 Å². The molecule has 3 heterocycles. The molecule has 0 bridgehead atoms. The fourth-order valence-electron chi connectivity index (χ4n) is 4.94. The van der Waals surface area contributed by atoms with Crippen LogP contribution in [0.3, 0.4) is 0 Å². The van der Waals surface area contributed by atoms with Gasteiger partial charge in [-0.1, -0.05) is 38.8 Å². The molecular weight excluding hydrogens is 390 g/mol. The first-order chi connectivity index (χ1) is 15.0. The first-order valence-electron chi connectivity index (χ1n) is 10.9. The number of hydrogen-bond acceptors (Lipinski definition) is 5. The Bertz CT molecular complexity index is 1340. The van der Waals surface area contributed by atoms with Crippen molar-refractivity contribution >= 4 is 16.7 Å². The summed E-state index contributed by atoms with van der Waals surface area (Å²) in [4.78, 5) is 23.0. The topological polar surface area (TPSA) is 74.3 Å². The zero-order valence-electron chi connectivity index (χ0n) is 18.4. The molecule has 1 saturated carbocycles. The minimum Gasteiger partial charge on any atom is -0.497 e. The Hall–Kier alpha value is -3.22. The van der Waals surface area contributed by atoms with Gasteiger partial charge < -0.3 is 9.30 Å². The van der Waals surface area contributed by atoms with Crippen LogP contribution in [0, 0.1) is 18.8 Å². The van der Waals surface area contributed by atoms with E-state index in [1.54, 1.807) is 11.6 Å². The maximum atomic E-state index is 13.9. The molecule has 7 nitrogen and oxygen atoms in total. The van der Waals surface area contributed by atoms with Crippen molar-refractivity contribution in [2.45, 2.75) is 46.1 Å². The van der Waals surface area contributed by atoms with Gasteiger partial charge in [-0.3, -0.25) is 4.79 Å². The summed E-state index contributed by atoms with van der Waals surface area (Å²) in [5.41, 5.74) is 2.16. The van der Waals surface area contributed by atoms with Crippen LogP contribution < -0.4 is 10.3 Å². The number of ether oxygens (including phenoxy) is 1. The Morgan fingerprint density at radius 1 is 1.13 bits per heavy atom. The van der Waals surface area contributed by atoms with Gasteiger partial charge in [0.05, 0.1) is 23.7 Å². The van der Waals surface area contributed by atoms with Crippen LogP contribution in [0.4, 0.5) is 0 Å². The molecule has 0 saturated heterocycles. The van der Waals surface area contributed by atoms with Gasteiger partial charge in [-0.15, -0.1) is 5.10 Å².